The van der Waals surface area contributed by atoms with Gasteiger partial charge < -0.3 is 9.84 Å². The molecule has 0 heterocycles. The van der Waals surface area contributed by atoms with Crippen LogP contribution < -0.4 is 4.74 Å². The van der Waals surface area contributed by atoms with Gasteiger partial charge >= 0.3 is 5.97 Å². The molecule has 0 saturated heterocycles. The standard InChI is InChI=1S/C14H16F2O3/c1-19-10-6-5-9(11(15)12(10)16)14(13(17)18)7-3-2-4-8-14/h5-6H,2-4,7-8H2,1H3,(H,17,18). The van der Waals surface area contributed by atoms with Crippen LogP contribution in [0.15, 0.2) is 12.1 Å². The average Bonchev–Trinajstić information content (AvgIpc) is 2.42. The molecule has 0 radical (unpaired) electrons. The summed E-state index contributed by atoms with van der Waals surface area (Å²) >= 11 is 0. The van der Waals surface area contributed by atoms with E-state index in [2.05, 4.69) is 0 Å². The number of hydrogen-bond acceptors (Lipinski definition) is 2. The van der Waals surface area contributed by atoms with Crippen LogP contribution in [0.2, 0.25) is 0 Å². The molecule has 1 saturated carbocycles. The largest absolute Gasteiger partial charge is 0.494 e. The molecule has 0 aliphatic heterocycles. The third kappa shape index (κ3) is 2.17. The Morgan fingerprint density at radius 1 is 1.21 bits per heavy atom. The van der Waals surface area contributed by atoms with E-state index in [1.54, 1.807) is 0 Å². The fourth-order valence-corrected chi connectivity index (χ4v) is 2.81. The smallest absolute Gasteiger partial charge is 0.314 e. The van der Waals surface area contributed by atoms with E-state index in [-0.39, 0.29) is 11.3 Å². The van der Waals surface area contributed by atoms with Crippen LogP contribution in [-0.2, 0) is 10.2 Å². The van der Waals surface area contributed by atoms with Gasteiger partial charge in [-0.3, -0.25) is 4.79 Å². The summed E-state index contributed by atoms with van der Waals surface area (Å²) in [6.07, 6.45) is 3.02. The molecule has 1 aromatic carbocycles. The van der Waals surface area contributed by atoms with Gasteiger partial charge in [0, 0.05) is 5.56 Å². The summed E-state index contributed by atoms with van der Waals surface area (Å²) in [6.45, 7) is 0. The quantitative estimate of drug-likeness (QED) is 0.917. The molecule has 3 nitrogen and oxygen atoms in total. The van der Waals surface area contributed by atoms with Crippen LogP contribution >= 0.6 is 0 Å². The molecule has 1 aliphatic rings. The first kappa shape index (κ1) is 13.8. The van der Waals surface area contributed by atoms with Crippen molar-refractivity contribution in [1.29, 1.82) is 0 Å². The molecule has 0 amide bonds. The molecule has 1 N–H and O–H groups in total. The van der Waals surface area contributed by atoms with Crippen molar-refractivity contribution in [3.05, 3.63) is 29.3 Å². The predicted molar refractivity (Wildman–Crippen MR) is 65.3 cm³/mol. The number of ether oxygens (including phenoxy) is 1. The number of benzene rings is 1. The summed E-state index contributed by atoms with van der Waals surface area (Å²) in [7, 11) is 1.24. The number of carboxylic acid groups (broad SMARTS) is 1. The van der Waals surface area contributed by atoms with Gasteiger partial charge in [-0.05, 0) is 18.9 Å². The van der Waals surface area contributed by atoms with Gasteiger partial charge in [-0.1, -0.05) is 25.3 Å². The topological polar surface area (TPSA) is 46.5 Å². The molecule has 0 spiro atoms. The lowest BCUT2D eigenvalue weighted by Crippen LogP contribution is -2.38. The zero-order valence-corrected chi connectivity index (χ0v) is 10.7. The van der Waals surface area contributed by atoms with Crippen molar-refractivity contribution in [2.45, 2.75) is 37.5 Å². The van der Waals surface area contributed by atoms with Gasteiger partial charge in [-0.2, -0.15) is 4.39 Å². The minimum Gasteiger partial charge on any atom is -0.494 e. The summed E-state index contributed by atoms with van der Waals surface area (Å²) in [4.78, 5) is 11.6. The zero-order chi connectivity index (χ0) is 14.0. The van der Waals surface area contributed by atoms with Crippen molar-refractivity contribution in [3.63, 3.8) is 0 Å². The molecule has 2 rings (SSSR count). The fourth-order valence-electron chi connectivity index (χ4n) is 2.81. The lowest BCUT2D eigenvalue weighted by atomic mass is 9.69. The summed E-state index contributed by atoms with van der Waals surface area (Å²) in [5.74, 6) is -3.52. The van der Waals surface area contributed by atoms with Crippen molar-refractivity contribution in [2.24, 2.45) is 0 Å². The Labute approximate surface area is 110 Å². The van der Waals surface area contributed by atoms with Crippen LogP contribution in [0.25, 0.3) is 0 Å². The van der Waals surface area contributed by atoms with Gasteiger partial charge in [0.15, 0.2) is 11.6 Å². The Hall–Kier alpha value is -1.65. The van der Waals surface area contributed by atoms with E-state index in [1.165, 1.54) is 19.2 Å². The predicted octanol–water partition coefficient (Wildman–Crippen LogP) is 3.26. The molecule has 0 atom stereocenters. The van der Waals surface area contributed by atoms with Crippen molar-refractivity contribution >= 4 is 5.97 Å². The van der Waals surface area contributed by atoms with E-state index in [0.29, 0.717) is 25.7 Å². The average molecular weight is 270 g/mol. The van der Waals surface area contributed by atoms with Gasteiger partial charge in [-0.25, -0.2) is 4.39 Å². The number of carbonyl (C=O) groups is 1. The van der Waals surface area contributed by atoms with E-state index in [0.717, 1.165) is 6.42 Å². The third-order valence-corrected chi connectivity index (χ3v) is 3.90. The number of rotatable bonds is 3. The van der Waals surface area contributed by atoms with Crippen LogP contribution in [0.3, 0.4) is 0 Å². The maximum Gasteiger partial charge on any atom is 0.314 e. The first-order chi connectivity index (χ1) is 9.03. The number of aliphatic carboxylic acids is 1. The molecule has 0 aromatic heterocycles. The van der Waals surface area contributed by atoms with E-state index in [4.69, 9.17) is 4.74 Å². The van der Waals surface area contributed by atoms with Crippen LogP contribution in [0.1, 0.15) is 37.7 Å². The van der Waals surface area contributed by atoms with Crippen LogP contribution in [0.5, 0.6) is 5.75 Å². The second-order valence-corrected chi connectivity index (χ2v) is 4.89. The van der Waals surface area contributed by atoms with Crippen LogP contribution in [-0.4, -0.2) is 18.2 Å². The maximum absolute atomic E-state index is 14.1. The monoisotopic (exact) mass is 270 g/mol. The Balaban J connectivity index is 2.54. The van der Waals surface area contributed by atoms with Crippen LogP contribution in [0, 0.1) is 11.6 Å². The first-order valence-corrected chi connectivity index (χ1v) is 6.29. The highest BCUT2D eigenvalue weighted by atomic mass is 19.2. The first-order valence-electron chi connectivity index (χ1n) is 6.29. The Bertz CT molecular complexity index is 494. The molecular formula is C14H16F2O3. The number of halogens is 2. The summed E-state index contributed by atoms with van der Waals surface area (Å²) in [5, 5.41) is 9.46. The summed E-state index contributed by atoms with van der Waals surface area (Å²) in [6, 6.07) is 2.61. The van der Waals surface area contributed by atoms with Crippen molar-refractivity contribution in [2.75, 3.05) is 7.11 Å². The number of methoxy groups -OCH3 is 1. The lowest BCUT2D eigenvalue weighted by molar-refractivity contribution is -0.145. The molecule has 19 heavy (non-hydrogen) atoms. The molecule has 1 fully saturated rings. The third-order valence-electron chi connectivity index (χ3n) is 3.90. The lowest BCUT2D eigenvalue weighted by Gasteiger charge is -2.34. The number of hydrogen-bond donors (Lipinski definition) is 1. The summed E-state index contributed by atoms with van der Waals surface area (Å²) in [5.41, 5.74) is -1.38. The minimum absolute atomic E-state index is 0.0713. The molecule has 1 aromatic rings. The van der Waals surface area contributed by atoms with Gasteiger partial charge in [-0.15, -0.1) is 0 Å². The minimum atomic E-state index is -1.31. The second-order valence-electron chi connectivity index (χ2n) is 4.89. The second kappa shape index (κ2) is 5.15. The molecule has 1 aliphatic carbocycles. The molecular weight excluding hydrogens is 254 g/mol. The Morgan fingerprint density at radius 3 is 2.37 bits per heavy atom. The maximum atomic E-state index is 14.1. The summed E-state index contributed by atoms with van der Waals surface area (Å²) < 4.78 is 32.6. The zero-order valence-electron chi connectivity index (χ0n) is 10.7. The van der Waals surface area contributed by atoms with Crippen LogP contribution in [0.4, 0.5) is 8.78 Å². The van der Waals surface area contributed by atoms with E-state index < -0.39 is 23.0 Å². The van der Waals surface area contributed by atoms with Crippen molar-refractivity contribution in [3.8, 4) is 5.75 Å². The van der Waals surface area contributed by atoms with E-state index in [9.17, 15) is 18.7 Å². The van der Waals surface area contributed by atoms with E-state index >= 15 is 0 Å². The Kier molecular flexibility index (Phi) is 3.73. The van der Waals surface area contributed by atoms with E-state index in [1.807, 2.05) is 0 Å². The van der Waals surface area contributed by atoms with Gasteiger partial charge in [0.25, 0.3) is 0 Å². The highest BCUT2D eigenvalue weighted by Gasteiger charge is 2.44. The molecule has 5 heteroatoms. The van der Waals surface area contributed by atoms with Crippen molar-refractivity contribution < 1.29 is 23.4 Å². The SMILES string of the molecule is COc1ccc(C2(C(=O)O)CCCCC2)c(F)c1F. The van der Waals surface area contributed by atoms with Crippen molar-refractivity contribution in [1.82, 2.24) is 0 Å². The normalized spacial score (nSPS) is 18.1. The molecule has 104 valence electrons. The number of carboxylic acids is 1. The molecule has 0 unspecified atom stereocenters. The molecule has 0 bridgehead atoms. The Morgan fingerprint density at radius 2 is 1.84 bits per heavy atom. The van der Waals surface area contributed by atoms with Gasteiger partial charge in [0.05, 0.1) is 12.5 Å². The highest BCUT2D eigenvalue weighted by Crippen LogP contribution is 2.42. The highest BCUT2D eigenvalue weighted by molar-refractivity contribution is 5.81. The van der Waals surface area contributed by atoms with Gasteiger partial charge in [0.1, 0.15) is 0 Å². The van der Waals surface area contributed by atoms with Gasteiger partial charge in [0.2, 0.25) is 5.82 Å². The fraction of sp³-hybridized carbons (Fsp3) is 0.500.